The minimum Gasteiger partial charge on any atom is -0.493 e. The Balaban J connectivity index is 2.01. The van der Waals surface area contributed by atoms with Gasteiger partial charge in [0.2, 0.25) is 0 Å². The number of rotatable bonds is 6. The summed E-state index contributed by atoms with van der Waals surface area (Å²) in [4.78, 5) is 10.6. The van der Waals surface area contributed by atoms with E-state index in [9.17, 15) is 4.79 Å². The van der Waals surface area contributed by atoms with Crippen molar-refractivity contribution in [3.63, 3.8) is 0 Å². The molecule has 2 aromatic carbocycles. The van der Waals surface area contributed by atoms with Crippen molar-refractivity contribution in [3.05, 3.63) is 54.1 Å². The number of aliphatic hydroxyl groups excluding tert-OH is 1. The second-order valence-corrected chi connectivity index (χ2v) is 4.38. The van der Waals surface area contributed by atoms with E-state index in [2.05, 4.69) is 0 Å². The lowest BCUT2D eigenvalue weighted by Crippen LogP contribution is -2.10. The van der Waals surface area contributed by atoms with Crippen molar-refractivity contribution in [2.45, 2.75) is 12.7 Å². The summed E-state index contributed by atoms with van der Waals surface area (Å²) in [5.74, 6) is 0.680. The lowest BCUT2D eigenvalue weighted by atomic mass is 10.0. The molecule has 4 heteroatoms. The Bertz CT molecular complexity index is 544. The van der Waals surface area contributed by atoms with Crippen molar-refractivity contribution < 1.29 is 19.7 Å². The third-order valence-corrected chi connectivity index (χ3v) is 2.88. The smallest absolute Gasteiger partial charge is 0.154 e. The first-order chi connectivity index (χ1) is 9.69. The van der Waals surface area contributed by atoms with Gasteiger partial charge in [0, 0.05) is 12.0 Å². The molecular formula is C16H16O4. The summed E-state index contributed by atoms with van der Waals surface area (Å²) >= 11 is 0. The molecule has 2 aromatic rings. The Morgan fingerprint density at radius 3 is 2.00 bits per heavy atom. The van der Waals surface area contributed by atoms with Crippen LogP contribution >= 0.6 is 0 Å². The molecule has 0 unspecified atom stereocenters. The fourth-order valence-electron chi connectivity index (χ4n) is 1.78. The molecule has 104 valence electrons. The normalized spacial score (nSPS) is 10.6. The van der Waals surface area contributed by atoms with Gasteiger partial charge in [0.25, 0.3) is 0 Å². The second-order valence-electron chi connectivity index (χ2n) is 4.38. The Labute approximate surface area is 117 Å². The molecule has 0 aromatic heterocycles. The Kier molecular flexibility index (Phi) is 4.87. The zero-order chi connectivity index (χ0) is 14.4. The lowest BCUT2D eigenvalue weighted by Gasteiger charge is -2.08. The maximum absolute atomic E-state index is 10.6. The zero-order valence-electron chi connectivity index (χ0n) is 10.9. The number of aliphatic hydroxyl groups is 2. The molecule has 0 heterocycles. The van der Waals surface area contributed by atoms with Crippen molar-refractivity contribution in [1.29, 1.82) is 0 Å². The van der Waals surface area contributed by atoms with Gasteiger partial charge in [-0.1, -0.05) is 36.4 Å². The van der Waals surface area contributed by atoms with Crippen LogP contribution in [0.1, 0.15) is 16.8 Å². The van der Waals surface area contributed by atoms with E-state index < -0.39 is 6.29 Å². The van der Waals surface area contributed by atoms with Crippen LogP contribution in [0.3, 0.4) is 0 Å². The van der Waals surface area contributed by atoms with E-state index in [4.69, 9.17) is 14.9 Å². The fraction of sp³-hybridized carbons (Fsp3) is 0.188. The van der Waals surface area contributed by atoms with Crippen LogP contribution < -0.4 is 4.74 Å². The number of aldehydes is 1. The van der Waals surface area contributed by atoms with Crippen LogP contribution in [0, 0.1) is 0 Å². The molecule has 0 amide bonds. The summed E-state index contributed by atoms with van der Waals surface area (Å²) in [5, 5.41) is 17.4. The van der Waals surface area contributed by atoms with Crippen molar-refractivity contribution in [1.82, 2.24) is 0 Å². The van der Waals surface area contributed by atoms with E-state index in [-0.39, 0.29) is 13.0 Å². The van der Waals surface area contributed by atoms with Crippen molar-refractivity contribution >= 4 is 6.29 Å². The van der Waals surface area contributed by atoms with E-state index in [1.54, 1.807) is 12.1 Å². The molecule has 0 saturated carbocycles. The minimum atomic E-state index is -1.34. The molecule has 0 radical (unpaired) electrons. The monoisotopic (exact) mass is 272 g/mol. The highest BCUT2D eigenvalue weighted by molar-refractivity contribution is 5.76. The average Bonchev–Trinajstić information content (AvgIpc) is 2.48. The lowest BCUT2D eigenvalue weighted by molar-refractivity contribution is -0.0519. The molecule has 2 rings (SSSR count). The topological polar surface area (TPSA) is 66.8 Å². The third-order valence-electron chi connectivity index (χ3n) is 2.88. The van der Waals surface area contributed by atoms with Gasteiger partial charge in [-0.15, -0.1) is 0 Å². The summed E-state index contributed by atoms with van der Waals surface area (Å²) in [6, 6.07) is 14.8. The highest BCUT2D eigenvalue weighted by Gasteiger charge is 2.01. The van der Waals surface area contributed by atoms with Crippen molar-refractivity contribution in [2.24, 2.45) is 0 Å². The number of ether oxygens (including phenoxy) is 1. The highest BCUT2D eigenvalue weighted by atomic mass is 16.5. The van der Waals surface area contributed by atoms with E-state index in [1.807, 2.05) is 36.4 Å². The molecule has 0 aliphatic carbocycles. The van der Waals surface area contributed by atoms with Gasteiger partial charge in [-0.05, 0) is 23.3 Å². The Morgan fingerprint density at radius 2 is 1.50 bits per heavy atom. The molecule has 0 saturated heterocycles. The van der Waals surface area contributed by atoms with Gasteiger partial charge in [-0.25, -0.2) is 0 Å². The molecule has 0 bridgehead atoms. The number of carbonyl (C=O) groups excluding carboxylic acids is 1. The van der Waals surface area contributed by atoms with Crippen LogP contribution in [0.5, 0.6) is 5.75 Å². The predicted molar refractivity (Wildman–Crippen MR) is 75.6 cm³/mol. The fourth-order valence-corrected chi connectivity index (χ4v) is 1.78. The average molecular weight is 272 g/mol. The highest BCUT2D eigenvalue weighted by Crippen LogP contribution is 2.22. The molecule has 0 spiro atoms. The quantitative estimate of drug-likeness (QED) is 0.625. The van der Waals surface area contributed by atoms with Crippen LogP contribution in [0.15, 0.2) is 48.5 Å². The van der Waals surface area contributed by atoms with Gasteiger partial charge in [0.05, 0.1) is 6.61 Å². The van der Waals surface area contributed by atoms with Gasteiger partial charge in [-0.2, -0.15) is 0 Å². The van der Waals surface area contributed by atoms with Gasteiger partial charge >= 0.3 is 0 Å². The van der Waals surface area contributed by atoms with Gasteiger partial charge in [0.1, 0.15) is 12.0 Å². The van der Waals surface area contributed by atoms with E-state index in [1.165, 1.54) is 0 Å². The number of benzene rings is 2. The van der Waals surface area contributed by atoms with Gasteiger partial charge in [-0.3, -0.25) is 4.79 Å². The van der Waals surface area contributed by atoms with Gasteiger partial charge in [0.15, 0.2) is 6.29 Å². The standard InChI is InChI=1S/C16H16O4/c17-11-12-1-3-13(4-2-12)14-5-7-15(8-6-14)20-10-9-16(18)19/h1-8,11,16,18-19H,9-10H2. The van der Waals surface area contributed by atoms with Crippen LogP contribution in [0.2, 0.25) is 0 Å². The molecule has 4 nitrogen and oxygen atoms in total. The SMILES string of the molecule is O=Cc1ccc(-c2ccc(OCCC(O)O)cc2)cc1. The molecule has 0 aliphatic rings. The summed E-state index contributed by atoms with van der Waals surface area (Å²) in [6.07, 6.45) is -0.351. The maximum atomic E-state index is 10.6. The predicted octanol–water partition coefficient (Wildman–Crippen LogP) is 2.25. The Hall–Kier alpha value is -2.17. The van der Waals surface area contributed by atoms with Crippen LogP contribution in [0.25, 0.3) is 11.1 Å². The third kappa shape index (κ3) is 3.91. The molecule has 0 atom stereocenters. The molecule has 20 heavy (non-hydrogen) atoms. The molecule has 0 aliphatic heterocycles. The zero-order valence-corrected chi connectivity index (χ0v) is 10.9. The van der Waals surface area contributed by atoms with E-state index in [0.29, 0.717) is 11.3 Å². The molecule has 2 N–H and O–H groups in total. The first-order valence-corrected chi connectivity index (χ1v) is 6.33. The van der Waals surface area contributed by atoms with Crippen molar-refractivity contribution in [3.8, 4) is 16.9 Å². The minimum absolute atomic E-state index is 0.176. The van der Waals surface area contributed by atoms with Crippen LogP contribution in [-0.2, 0) is 0 Å². The second kappa shape index (κ2) is 6.84. The largest absolute Gasteiger partial charge is 0.493 e. The molecular weight excluding hydrogens is 256 g/mol. The molecule has 0 fully saturated rings. The number of hydrogen-bond donors (Lipinski definition) is 2. The van der Waals surface area contributed by atoms with Crippen molar-refractivity contribution in [2.75, 3.05) is 6.61 Å². The summed E-state index contributed by atoms with van der Waals surface area (Å²) in [6.45, 7) is 0.255. The van der Waals surface area contributed by atoms with E-state index >= 15 is 0 Å². The number of carbonyl (C=O) groups is 1. The maximum Gasteiger partial charge on any atom is 0.154 e. The summed E-state index contributed by atoms with van der Waals surface area (Å²) < 4.78 is 5.38. The number of hydrogen-bond acceptors (Lipinski definition) is 4. The first-order valence-electron chi connectivity index (χ1n) is 6.33. The van der Waals surface area contributed by atoms with E-state index in [0.717, 1.165) is 17.4 Å². The van der Waals surface area contributed by atoms with Crippen LogP contribution in [0.4, 0.5) is 0 Å². The van der Waals surface area contributed by atoms with Gasteiger partial charge < -0.3 is 14.9 Å². The summed E-state index contributed by atoms with van der Waals surface area (Å²) in [7, 11) is 0. The summed E-state index contributed by atoms with van der Waals surface area (Å²) in [5.41, 5.74) is 2.70. The Morgan fingerprint density at radius 1 is 0.950 bits per heavy atom. The van der Waals surface area contributed by atoms with Crippen LogP contribution in [-0.4, -0.2) is 29.4 Å². The first kappa shape index (κ1) is 14.2.